The molecule has 0 bridgehead atoms. The molecule has 0 amide bonds. The number of aromatic amines is 1. The van der Waals surface area contributed by atoms with Gasteiger partial charge < -0.3 is 4.98 Å². The smallest absolute Gasteiger partial charge is 0.203 e. The van der Waals surface area contributed by atoms with E-state index in [1.807, 2.05) is 30.5 Å². The second-order valence-electron chi connectivity index (χ2n) is 6.21. The molecule has 0 unspecified atom stereocenters. The summed E-state index contributed by atoms with van der Waals surface area (Å²) in [6.45, 7) is 8.34. The number of hydrogen-bond donors (Lipinski definition) is 1. The minimum absolute atomic E-state index is 0.810. The number of aryl methyl sites for hydroxylation is 2. The molecule has 0 spiro atoms. The summed E-state index contributed by atoms with van der Waals surface area (Å²) in [6.07, 6.45) is 0. The molecule has 132 valence electrons. The molecule has 7 heteroatoms. The van der Waals surface area contributed by atoms with Gasteiger partial charge in [-0.15, -0.1) is 21.5 Å². The molecule has 0 saturated carbocycles. The molecule has 5 nitrogen and oxygen atoms in total. The third-order valence-electron chi connectivity index (χ3n) is 4.46. The van der Waals surface area contributed by atoms with Gasteiger partial charge in [-0.2, -0.15) is 0 Å². The van der Waals surface area contributed by atoms with Crippen molar-refractivity contribution in [3.05, 3.63) is 58.2 Å². The van der Waals surface area contributed by atoms with Gasteiger partial charge in [0.2, 0.25) is 5.16 Å². The summed E-state index contributed by atoms with van der Waals surface area (Å²) in [4.78, 5) is 8.03. The van der Waals surface area contributed by atoms with Gasteiger partial charge in [-0.05, 0) is 62.7 Å². The Morgan fingerprint density at radius 1 is 1.00 bits per heavy atom. The molecule has 1 N–H and O–H groups in total. The lowest BCUT2D eigenvalue weighted by Crippen LogP contribution is -2.00. The van der Waals surface area contributed by atoms with Gasteiger partial charge in [-0.3, -0.25) is 4.57 Å². The first-order valence-electron chi connectivity index (χ1n) is 8.31. The molecule has 3 aromatic heterocycles. The van der Waals surface area contributed by atoms with Crippen molar-refractivity contribution in [3.63, 3.8) is 0 Å². The molecule has 0 aliphatic carbocycles. The van der Waals surface area contributed by atoms with E-state index in [4.69, 9.17) is 0 Å². The van der Waals surface area contributed by atoms with Gasteiger partial charge in [0.05, 0.1) is 5.69 Å². The number of benzene rings is 1. The predicted octanol–water partition coefficient (Wildman–Crippen LogP) is 5.10. The zero-order valence-electron chi connectivity index (χ0n) is 15.1. The second kappa shape index (κ2) is 6.74. The Morgan fingerprint density at radius 3 is 2.38 bits per heavy atom. The number of thiazole rings is 1. The normalized spacial score (nSPS) is 11.2. The van der Waals surface area contributed by atoms with Gasteiger partial charge in [-0.1, -0.05) is 18.2 Å². The number of rotatable bonds is 4. The lowest BCUT2D eigenvalue weighted by molar-refractivity contribution is 0.884. The first-order valence-corrected chi connectivity index (χ1v) is 10.0. The molecule has 3 heterocycles. The van der Waals surface area contributed by atoms with Crippen LogP contribution in [0.4, 0.5) is 0 Å². The van der Waals surface area contributed by atoms with Crippen molar-refractivity contribution < 1.29 is 0 Å². The first kappa shape index (κ1) is 17.1. The second-order valence-corrected chi connectivity index (χ2v) is 8.28. The van der Waals surface area contributed by atoms with Gasteiger partial charge in [0.25, 0.3) is 0 Å². The Labute approximate surface area is 160 Å². The van der Waals surface area contributed by atoms with Crippen LogP contribution in [0.1, 0.15) is 22.5 Å². The molecule has 0 fully saturated rings. The van der Waals surface area contributed by atoms with Crippen molar-refractivity contribution in [3.8, 4) is 17.2 Å². The van der Waals surface area contributed by atoms with Crippen molar-refractivity contribution in [1.29, 1.82) is 0 Å². The summed E-state index contributed by atoms with van der Waals surface area (Å²) in [6, 6.07) is 10.2. The molecule has 0 atom stereocenters. The van der Waals surface area contributed by atoms with Crippen LogP contribution in [0.5, 0.6) is 0 Å². The minimum Gasteiger partial charge on any atom is -0.356 e. The monoisotopic (exact) mass is 381 g/mol. The van der Waals surface area contributed by atoms with E-state index >= 15 is 0 Å². The van der Waals surface area contributed by atoms with E-state index < -0.39 is 0 Å². The molecule has 4 rings (SSSR count). The van der Waals surface area contributed by atoms with Crippen molar-refractivity contribution >= 4 is 23.1 Å². The highest BCUT2D eigenvalue weighted by atomic mass is 32.2. The Kier molecular flexibility index (Phi) is 4.42. The van der Waals surface area contributed by atoms with Gasteiger partial charge in [0.1, 0.15) is 0 Å². The first-order chi connectivity index (χ1) is 12.5. The maximum atomic E-state index is 4.55. The maximum absolute atomic E-state index is 4.55. The van der Waals surface area contributed by atoms with Gasteiger partial charge in [-0.25, -0.2) is 4.98 Å². The molecular weight excluding hydrogens is 362 g/mol. The third-order valence-corrected chi connectivity index (χ3v) is 6.46. The maximum Gasteiger partial charge on any atom is 0.203 e. The average Bonchev–Trinajstić information content (AvgIpc) is 3.31. The zero-order chi connectivity index (χ0) is 18.3. The van der Waals surface area contributed by atoms with Crippen molar-refractivity contribution in [2.45, 2.75) is 37.2 Å². The van der Waals surface area contributed by atoms with Crippen LogP contribution < -0.4 is 0 Å². The van der Waals surface area contributed by atoms with E-state index in [-0.39, 0.29) is 0 Å². The molecule has 4 aromatic rings. The van der Waals surface area contributed by atoms with Crippen LogP contribution in [0, 0.1) is 27.7 Å². The molecule has 0 aliphatic rings. The van der Waals surface area contributed by atoms with Crippen LogP contribution in [-0.2, 0) is 0 Å². The van der Waals surface area contributed by atoms with Crippen molar-refractivity contribution in [1.82, 2.24) is 24.7 Å². The fourth-order valence-corrected chi connectivity index (χ4v) is 4.62. The standard InChI is InChI=1S/C19H19N5S2/c1-11-10-25-19(20-11)26-18-23-22-17(16-13(3)12(2)14(4)21-16)24(18)15-8-6-5-7-9-15/h5-10,21H,1-4H3. The number of H-pyrrole nitrogens is 1. The van der Waals surface area contributed by atoms with Crippen LogP contribution in [-0.4, -0.2) is 24.7 Å². The van der Waals surface area contributed by atoms with Gasteiger partial charge in [0.15, 0.2) is 10.2 Å². The third kappa shape index (κ3) is 2.97. The Balaban J connectivity index is 1.88. The number of aromatic nitrogens is 5. The SMILES string of the molecule is Cc1csc(Sc2nnc(-c3[nH]c(C)c(C)c3C)n2-c2ccccc2)n1. The van der Waals surface area contributed by atoms with Gasteiger partial charge >= 0.3 is 0 Å². The van der Waals surface area contributed by atoms with Crippen LogP contribution in [0.15, 0.2) is 45.2 Å². The van der Waals surface area contributed by atoms with E-state index in [1.54, 1.807) is 23.1 Å². The number of nitrogens with zero attached hydrogens (tertiary/aromatic N) is 4. The number of hydrogen-bond acceptors (Lipinski definition) is 5. The molecule has 0 aliphatic heterocycles. The summed E-state index contributed by atoms with van der Waals surface area (Å²) in [5, 5.41) is 11.9. The summed E-state index contributed by atoms with van der Waals surface area (Å²) < 4.78 is 3.06. The van der Waals surface area contributed by atoms with Crippen LogP contribution >= 0.6 is 23.1 Å². The number of para-hydroxylation sites is 1. The highest BCUT2D eigenvalue weighted by Crippen LogP contribution is 2.35. The average molecular weight is 382 g/mol. The number of nitrogens with one attached hydrogen (secondary N) is 1. The van der Waals surface area contributed by atoms with E-state index in [1.165, 1.54) is 11.1 Å². The summed E-state index contributed by atoms with van der Waals surface area (Å²) in [5.74, 6) is 0.820. The summed E-state index contributed by atoms with van der Waals surface area (Å²) in [7, 11) is 0. The lowest BCUT2D eigenvalue weighted by atomic mass is 10.1. The predicted molar refractivity (Wildman–Crippen MR) is 106 cm³/mol. The minimum atomic E-state index is 0.810. The Bertz CT molecular complexity index is 1060. The van der Waals surface area contributed by atoms with Crippen molar-refractivity contribution in [2.75, 3.05) is 0 Å². The fourth-order valence-electron chi connectivity index (χ4n) is 2.83. The van der Waals surface area contributed by atoms with Gasteiger partial charge in [0, 0.05) is 22.5 Å². The molecule has 1 aromatic carbocycles. The van der Waals surface area contributed by atoms with Crippen LogP contribution in [0.3, 0.4) is 0 Å². The largest absolute Gasteiger partial charge is 0.356 e. The highest BCUT2D eigenvalue weighted by Gasteiger charge is 2.21. The zero-order valence-corrected chi connectivity index (χ0v) is 16.7. The van der Waals surface area contributed by atoms with Crippen LogP contribution in [0.25, 0.3) is 17.2 Å². The van der Waals surface area contributed by atoms with E-state index in [9.17, 15) is 0 Å². The molecular formula is C19H19N5S2. The summed E-state index contributed by atoms with van der Waals surface area (Å²) in [5.41, 5.74) is 6.69. The molecule has 0 radical (unpaired) electrons. The quantitative estimate of drug-likeness (QED) is 0.534. The van der Waals surface area contributed by atoms with E-state index in [2.05, 4.69) is 57.6 Å². The Hall–Kier alpha value is -2.38. The highest BCUT2D eigenvalue weighted by molar-refractivity contribution is 8.00. The fraction of sp³-hybridized carbons (Fsp3) is 0.211. The molecule has 26 heavy (non-hydrogen) atoms. The molecule has 0 saturated heterocycles. The van der Waals surface area contributed by atoms with E-state index in [0.29, 0.717) is 0 Å². The van der Waals surface area contributed by atoms with Crippen molar-refractivity contribution in [2.24, 2.45) is 0 Å². The topological polar surface area (TPSA) is 59.4 Å². The Morgan fingerprint density at radius 2 is 1.77 bits per heavy atom. The lowest BCUT2D eigenvalue weighted by Gasteiger charge is -2.09. The van der Waals surface area contributed by atoms with Crippen LogP contribution in [0.2, 0.25) is 0 Å². The summed E-state index contributed by atoms with van der Waals surface area (Å²) >= 11 is 3.17. The van der Waals surface area contributed by atoms with E-state index in [0.717, 1.165) is 38.1 Å².